The minimum atomic E-state index is -1.03. The van der Waals surface area contributed by atoms with Crippen molar-refractivity contribution in [1.82, 2.24) is 5.32 Å². The zero-order chi connectivity index (χ0) is 11.7. The number of aliphatic hydroxyl groups excluding tert-OH is 2. The van der Waals surface area contributed by atoms with Crippen molar-refractivity contribution in [3.05, 3.63) is 0 Å². The van der Waals surface area contributed by atoms with Crippen LogP contribution in [0.2, 0.25) is 0 Å². The van der Waals surface area contributed by atoms with Crippen LogP contribution in [-0.4, -0.2) is 53.2 Å². The molecule has 7 heteroatoms. The second-order valence-electron chi connectivity index (χ2n) is 3.92. The van der Waals surface area contributed by atoms with E-state index in [2.05, 4.69) is 0 Å². The van der Waals surface area contributed by atoms with Crippen molar-refractivity contribution < 1.29 is 29.3 Å². The average molecular weight is 231 g/mol. The Morgan fingerprint density at radius 2 is 2.12 bits per heavy atom. The summed E-state index contributed by atoms with van der Waals surface area (Å²) in [5.74, 6) is -0.569. The molecule has 2 fully saturated rings. The standard InChI is InChI=1S/C9H13NO6/c11-3-5-1-4(12)2-6(15-5)7-8(13)10-9(14)16-7/h4-7,11-12H,1-3H2,(H,10,13,14). The fourth-order valence-electron chi connectivity index (χ4n) is 1.95. The molecule has 2 rings (SSSR count). The lowest BCUT2D eigenvalue weighted by molar-refractivity contribution is -0.155. The normalized spacial score (nSPS) is 39.4. The first kappa shape index (κ1) is 11.3. The number of ether oxygens (including phenoxy) is 2. The van der Waals surface area contributed by atoms with Crippen LogP contribution in [0.3, 0.4) is 0 Å². The zero-order valence-electron chi connectivity index (χ0n) is 8.46. The van der Waals surface area contributed by atoms with Crippen LogP contribution in [0.4, 0.5) is 4.79 Å². The highest BCUT2D eigenvalue weighted by atomic mass is 16.6. The molecule has 0 spiro atoms. The first-order valence-electron chi connectivity index (χ1n) is 5.06. The number of alkyl carbamates (subject to hydrolysis) is 1. The minimum absolute atomic E-state index is 0.210. The molecule has 0 bridgehead atoms. The van der Waals surface area contributed by atoms with Gasteiger partial charge in [0.15, 0.2) is 0 Å². The Hall–Kier alpha value is -1.18. The molecule has 4 unspecified atom stereocenters. The Balaban J connectivity index is 2.03. The number of carbonyl (C=O) groups excluding carboxylic acids is 2. The largest absolute Gasteiger partial charge is 0.433 e. The van der Waals surface area contributed by atoms with Crippen molar-refractivity contribution in [3.63, 3.8) is 0 Å². The van der Waals surface area contributed by atoms with Gasteiger partial charge in [0.05, 0.1) is 18.8 Å². The van der Waals surface area contributed by atoms with Crippen molar-refractivity contribution in [3.8, 4) is 0 Å². The van der Waals surface area contributed by atoms with Gasteiger partial charge in [0.25, 0.3) is 5.91 Å². The maximum Gasteiger partial charge on any atom is 0.414 e. The van der Waals surface area contributed by atoms with E-state index in [4.69, 9.17) is 14.6 Å². The van der Waals surface area contributed by atoms with E-state index in [1.165, 1.54) is 0 Å². The maximum atomic E-state index is 11.3. The molecular formula is C9H13NO6. The van der Waals surface area contributed by atoms with Crippen LogP contribution in [0.1, 0.15) is 12.8 Å². The molecule has 0 aromatic heterocycles. The van der Waals surface area contributed by atoms with E-state index in [-0.39, 0.29) is 13.0 Å². The van der Waals surface area contributed by atoms with Crippen molar-refractivity contribution in [1.29, 1.82) is 0 Å². The van der Waals surface area contributed by atoms with E-state index >= 15 is 0 Å². The monoisotopic (exact) mass is 231 g/mol. The minimum Gasteiger partial charge on any atom is -0.433 e. The molecule has 2 amide bonds. The second kappa shape index (κ2) is 4.36. The summed E-state index contributed by atoms with van der Waals surface area (Å²) in [6, 6.07) is 0. The van der Waals surface area contributed by atoms with E-state index in [1.54, 1.807) is 0 Å². The molecule has 0 radical (unpaired) electrons. The lowest BCUT2D eigenvalue weighted by Gasteiger charge is -2.33. The SMILES string of the molecule is O=C1NC(=O)C(C2CC(O)CC(CO)O2)O1. The summed E-state index contributed by atoms with van der Waals surface area (Å²) >= 11 is 0. The Labute approximate surface area is 91.3 Å². The fourth-order valence-corrected chi connectivity index (χ4v) is 1.95. The molecular weight excluding hydrogens is 218 g/mol. The van der Waals surface area contributed by atoms with E-state index in [1.807, 2.05) is 5.32 Å². The lowest BCUT2D eigenvalue weighted by Crippen LogP contribution is -2.46. The van der Waals surface area contributed by atoms with Crippen LogP contribution >= 0.6 is 0 Å². The topological polar surface area (TPSA) is 105 Å². The summed E-state index contributed by atoms with van der Waals surface area (Å²) in [5, 5.41) is 20.5. The molecule has 2 saturated heterocycles. The van der Waals surface area contributed by atoms with Crippen LogP contribution in [0.25, 0.3) is 0 Å². The first-order valence-corrected chi connectivity index (χ1v) is 5.06. The number of hydrogen-bond acceptors (Lipinski definition) is 6. The maximum absolute atomic E-state index is 11.3. The summed E-state index contributed by atoms with van der Waals surface area (Å²) < 4.78 is 10.1. The van der Waals surface area contributed by atoms with Crippen LogP contribution in [-0.2, 0) is 14.3 Å². The molecule has 16 heavy (non-hydrogen) atoms. The van der Waals surface area contributed by atoms with Crippen molar-refractivity contribution in [2.24, 2.45) is 0 Å². The third-order valence-electron chi connectivity index (χ3n) is 2.67. The summed E-state index contributed by atoms with van der Waals surface area (Å²) in [5.41, 5.74) is 0. The number of amides is 2. The Morgan fingerprint density at radius 1 is 1.38 bits per heavy atom. The lowest BCUT2D eigenvalue weighted by atomic mass is 9.97. The van der Waals surface area contributed by atoms with Gasteiger partial charge in [0, 0.05) is 12.8 Å². The van der Waals surface area contributed by atoms with Crippen molar-refractivity contribution in [2.75, 3.05) is 6.61 Å². The molecule has 7 nitrogen and oxygen atoms in total. The number of carbonyl (C=O) groups is 2. The molecule has 2 aliphatic rings. The summed E-state index contributed by atoms with van der Waals surface area (Å²) in [6.07, 6.45) is -3.20. The van der Waals surface area contributed by atoms with Crippen LogP contribution in [0.5, 0.6) is 0 Å². The zero-order valence-corrected chi connectivity index (χ0v) is 8.46. The molecule has 3 N–H and O–H groups in total. The molecule has 90 valence electrons. The van der Waals surface area contributed by atoms with E-state index in [9.17, 15) is 14.7 Å². The average Bonchev–Trinajstić information content (AvgIpc) is 2.57. The third-order valence-corrected chi connectivity index (χ3v) is 2.67. The summed E-state index contributed by atoms with van der Waals surface area (Å²) in [7, 11) is 0. The van der Waals surface area contributed by atoms with Gasteiger partial charge in [0.1, 0.15) is 6.10 Å². The number of cyclic esters (lactones) is 1. The molecule has 0 aliphatic carbocycles. The first-order chi connectivity index (χ1) is 7.60. The van der Waals surface area contributed by atoms with Crippen molar-refractivity contribution >= 4 is 12.0 Å². The highest BCUT2D eigenvalue weighted by molar-refractivity contribution is 6.00. The Bertz CT molecular complexity index is 306. The predicted molar refractivity (Wildman–Crippen MR) is 49.4 cm³/mol. The van der Waals surface area contributed by atoms with Gasteiger partial charge in [-0.2, -0.15) is 0 Å². The number of nitrogens with one attached hydrogen (secondary N) is 1. The number of rotatable bonds is 2. The second-order valence-corrected chi connectivity index (χ2v) is 3.92. The van der Waals surface area contributed by atoms with Gasteiger partial charge in [-0.25, -0.2) is 4.79 Å². The van der Waals surface area contributed by atoms with Gasteiger partial charge in [0.2, 0.25) is 6.10 Å². The smallest absolute Gasteiger partial charge is 0.414 e. The van der Waals surface area contributed by atoms with Gasteiger partial charge in [-0.3, -0.25) is 10.1 Å². The Morgan fingerprint density at radius 3 is 2.69 bits per heavy atom. The molecule has 4 atom stereocenters. The molecule has 0 aromatic carbocycles. The van der Waals surface area contributed by atoms with Crippen LogP contribution in [0.15, 0.2) is 0 Å². The van der Waals surface area contributed by atoms with Gasteiger partial charge in [-0.1, -0.05) is 0 Å². The summed E-state index contributed by atoms with van der Waals surface area (Å²) in [6.45, 7) is -0.240. The molecule has 0 saturated carbocycles. The van der Waals surface area contributed by atoms with Gasteiger partial charge < -0.3 is 19.7 Å². The predicted octanol–water partition coefficient (Wildman–Crippen LogP) is -1.48. The van der Waals surface area contributed by atoms with Gasteiger partial charge >= 0.3 is 6.09 Å². The Kier molecular flexibility index (Phi) is 3.08. The quantitative estimate of drug-likeness (QED) is 0.535. The number of imide groups is 1. The summed E-state index contributed by atoms with van der Waals surface area (Å²) in [4.78, 5) is 22.1. The molecule has 2 aliphatic heterocycles. The number of hydrogen-bond donors (Lipinski definition) is 3. The third kappa shape index (κ3) is 2.16. The highest BCUT2D eigenvalue weighted by Crippen LogP contribution is 2.24. The molecule has 2 heterocycles. The molecule has 0 aromatic rings. The van der Waals surface area contributed by atoms with Crippen molar-refractivity contribution in [2.45, 2.75) is 37.3 Å². The van der Waals surface area contributed by atoms with E-state index in [0.29, 0.717) is 6.42 Å². The van der Waals surface area contributed by atoms with Gasteiger partial charge in [-0.05, 0) is 0 Å². The van der Waals surface area contributed by atoms with Crippen LogP contribution in [0, 0.1) is 0 Å². The van der Waals surface area contributed by atoms with E-state index < -0.39 is 36.4 Å². The van der Waals surface area contributed by atoms with Crippen LogP contribution < -0.4 is 5.32 Å². The van der Waals surface area contributed by atoms with E-state index in [0.717, 1.165) is 0 Å². The highest BCUT2D eigenvalue weighted by Gasteiger charge is 2.43. The number of aliphatic hydroxyl groups is 2. The van der Waals surface area contributed by atoms with Gasteiger partial charge in [-0.15, -0.1) is 0 Å². The fraction of sp³-hybridized carbons (Fsp3) is 0.778.